The van der Waals surface area contributed by atoms with Crippen molar-refractivity contribution < 1.29 is 4.79 Å². The molecule has 0 radical (unpaired) electrons. The lowest BCUT2D eigenvalue weighted by atomic mass is 10.2. The van der Waals surface area contributed by atoms with Gasteiger partial charge in [0.15, 0.2) is 0 Å². The predicted molar refractivity (Wildman–Crippen MR) is 90.4 cm³/mol. The number of carbonyl (C=O) groups excluding carboxylic acids is 1. The Balaban J connectivity index is 2.23. The molecule has 6 heteroatoms. The van der Waals surface area contributed by atoms with Gasteiger partial charge in [0, 0.05) is 24.0 Å². The van der Waals surface area contributed by atoms with E-state index in [0.717, 1.165) is 15.6 Å². The van der Waals surface area contributed by atoms with Crippen LogP contribution < -0.4 is 0 Å². The van der Waals surface area contributed by atoms with Gasteiger partial charge in [0.25, 0.3) is 5.91 Å². The van der Waals surface area contributed by atoms with E-state index in [1.165, 1.54) is 6.20 Å². The Morgan fingerprint density at radius 3 is 2.52 bits per heavy atom. The molecule has 1 atom stereocenters. The molecule has 0 spiro atoms. The molecule has 0 fully saturated rings. The van der Waals surface area contributed by atoms with Crippen LogP contribution in [0.1, 0.15) is 64.4 Å². The summed E-state index contributed by atoms with van der Waals surface area (Å²) < 4.78 is 0. The van der Waals surface area contributed by atoms with Gasteiger partial charge in [-0.1, -0.05) is 13.8 Å². The average molecular weight is 328 g/mol. The van der Waals surface area contributed by atoms with Crippen LogP contribution in [0.2, 0.25) is 0 Å². The Hall–Kier alpha value is -2.26. The highest BCUT2D eigenvalue weighted by molar-refractivity contribution is 7.11. The minimum atomic E-state index is -0.166. The summed E-state index contributed by atoms with van der Waals surface area (Å²) in [5.41, 5.74) is 1.75. The van der Waals surface area contributed by atoms with Crippen molar-refractivity contribution in [2.45, 2.75) is 39.7 Å². The minimum Gasteiger partial charge on any atom is -0.333 e. The maximum atomic E-state index is 12.6. The first kappa shape index (κ1) is 17.1. The molecule has 0 aliphatic carbocycles. The van der Waals surface area contributed by atoms with E-state index in [2.05, 4.69) is 23.8 Å². The van der Waals surface area contributed by atoms with E-state index in [0.29, 0.717) is 17.2 Å². The molecule has 0 N–H and O–H groups in total. The third kappa shape index (κ3) is 3.57. The molecule has 2 rings (SSSR count). The number of amides is 1. The minimum absolute atomic E-state index is 0.0788. The Labute approximate surface area is 140 Å². The van der Waals surface area contributed by atoms with Crippen molar-refractivity contribution in [1.29, 1.82) is 5.26 Å². The van der Waals surface area contributed by atoms with Crippen molar-refractivity contribution in [3.63, 3.8) is 0 Å². The summed E-state index contributed by atoms with van der Waals surface area (Å²) in [6.07, 6.45) is 1.42. The number of nitriles is 1. The van der Waals surface area contributed by atoms with Gasteiger partial charge in [-0.3, -0.25) is 4.79 Å². The van der Waals surface area contributed by atoms with Crippen LogP contribution in [-0.2, 0) is 0 Å². The van der Waals surface area contributed by atoms with Gasteiger partial charge in [0.2, 0.25) is 0 Å². The zero-order valence-corrected chi connectivity index (χ0v) is 14.8. The first-order chi connectivity index (χ1) is 10.8. The number of hydrogen-bond acceptors (Lipinski definition) is 5. The van der Waals surface area contributed by atoms with E-state index in [1.807, 2.05) is 19.9 Å². The predicted octanol–water partition coefficient (Wildman–Crippen LogP) is 3.67. The largest absolute Gasteiger partial charge is 0.333 e. The van der Waals surface area contributed by atoms with Crippen LogP contribution in [0.3, 0.4) is 0 Å². The van der Waals surface area contributed by atoms with Gasteiger partial charge in [-0.15, -0.1) is 11.3 Å². The molecule has 2 aromatic rings. The molecule has 1 unspecified atom stereocenters. The molecule has 0 saturated heterocycles. The van der Waals surface area contributed by atoms with Gasteiger partial charge in [-0.25, -0.2) is 9.97 Å². The second kappa shape index (κ2) is 6.88. The molecule has 0 aromatic carbocycles. The third-order valence-electron chi connectivity index (χ3n) is 3.74. The maximum Gasteiger partial charge on any atom is 0.272 e. The first-order valence-corrected chi connectivity index (χ1v) is 8.27. The Bertz CT molecular complexity index is 743. The summed E-state index contributed by atoms with van der Waals surface area (Å²) in [5.74, 6) is 0.210. The average Bonchev–Trinajstić information content (AvgIpc) is 2.95. The molecule has 0 aliphatic heterocycles. The molecule has 23 heavy (non-hydrogen) atoms. The van der Waals surface area contributed by atoms with Crippen molar-refractivity contribution in [1.82, 2.24) is 14.9 Å². The smallest absolute Gasteiger partial charge is 0.272 e. The van der Waals surface area contributed by atoms with Gasteiger partial charge in [0.05, 0.1) is 22.3 Å². The van der Waals surface area contributed by atoms with Crippen LogP contribution in [0.15, 0.2) is 18.3 Å². The maximum absolute atomic E-state index is 12.6. The second-order valence-corrected chi connectivity index (χ2v) is 6.85. The van der Waals surface area contributed by atoms with Gasteiger partial charge < -0.3 is 4.90 Å². The highest BCUT2D eigenvalue weighted by Gasteiger charge is 2.24. The van der Waals surface area contributed by atoms with E-state index in [1.54, 1.807) is 35.4 Å². The fraction of sp³-hybridized carbons (Fsp3) is 0.412. The van der Waals surface area contributed by atoms with Crippen molar-refractivity contribution >= 4 is 17.2 Å². The van der Waals surface area contributed by atoms with Crippen molar-refractivity contribution in [3.05, 3.63) is 45.2 Å². The normalized spacial score (nSPS) is 12.0. The van der Waals surface area contributed by atoms with E-state index in [4.69, 9.17) is 5.26 Å². The summed E-state index contributed by atoms with van der Waals surface area (Å²) in [6.45, 7) is 8.20. The highest BCUT2D eigenvalue weighted by atomic mass is 32.1. The molecule has 1 amide bonds. The van der Waals surface area contributed by atoms with E-state index < -0.39 is 0 Å². The number of carbonyl (C=O) groups is 1. The van der Waals surface area contributed by atoms with E-state index in [-0.39, 0.29) is 11.9 Å². The first-order valence-electron chi connectivity index (χ1n) is 7.45. The summed E-state index contributed by atoms with van der Waals surface area (Å²) in [4.78, 5) is 24.0. The fourth-order valence-electron chi connectivity index (χ4n) is 2.18. The van der Waals surface area contributed by atoms with Gasteiger partial charge in [0.1, 0.15) is 11.8 Å². The molecule has 0 aliphatic rings. The number of aryl methyl sites for hydroxylation is 1. The number of nitrogens with zero attached hydrogens (tertiary/aromatic N) is 4. The van der Waals surface area contributed by atoms with E-state index >= 15 is 0 Å². The van der Waals surface area contributed by atoms with Crippen LogP contribution in [0, 0.1) is 18.3 Å². The second-order valence-electron chi connectivity index (χ2n) is 5.79. The number of thiazole rings is 1. The molecule has 120 valence electrons. The Morgan fingerprint density at radius 1 is 1.35 bits per heavy atom. The van der Waals surface area contributed by atoms with Crippen LogP contribution in [0.4, 0.5) is 0 Å². The van der Waals surface area contributed by atoms with Gasteiger partial charge in [-0.05, 0) is 26.0 Å². The Kier molecular flexibility index (Phi) is 5.12. The van der Waals surface area contributed by atoms with Crippen LogP contribution >= 0.6 is 11.3 Å². The number of hydrogen-bond donors (Lipinski definition) is 0. The molecule has 2 aromatic heterocycles. The van der Waals surface area contributed by atoms with Crippen molar-refractivity contribution in [2.24, 2.45) is 0 Å². The van der Waals surface area contributed by atoms with Crippen molar-refractivity contribution in [3.8, 4) is 6.07 Å². The lowest BCUT2D eigenvalue weighted by Gasteiger charge is -2.24. The molecule has 0 saturated carbocycles. The van der Waals surface area contributed by atoms with Crippen LogP contribution in [-0.4, -0.2) is 27.8 Å². The van der Waals surface area contributed by atoms with E-state index in [9.17, 15) is 4.79 Å². The zero-order chi connectivity index (χ0) is 17.1. The number of aromatic nitrogens is 2. The van der Waals surface area contributed by atoms with Gasteiger partial charge in [-0.2, -0.15) is 5.26 Å². The summed E-state index contributed by atoms with van der Waals surface area (Å²) in [5, 5.41) is 9.88. The summed E-state index contributed by atoms with van der Waals surface area (Å²) in [6, 6.07) is 5.11. The molecule has 2 heterocycles. The van der Waals surface area contributed by atoms with Crippen molar-refractivity contribution in [2.75, 3.05) is 7.05 Å². The molecule has 0 bridgehead atoms. The number of pyridine rings is 1. The fourth-order valence-corrected chi connectivity index (χ4v) is 3.35. The topological polar surface area (TPSA) is 69.9 Å². The van der Waals surface area contributed by atoms with Crippen LogP contribution in [0.5, 0.6) is 0 Å². The molecule has 5 nitrogen and oxygen atoms in total. The number of rotatable bonds is 4. The molecular weight excluding hydrogens is 308 g/mol. The third-order valence-corrected chi connectivity index (χ3v) is 5.36. The SMILES string of the molecule is Cc1nc(C(C)C)sc1C(C)N(C)C(=O)c1ccc(C#N)cn1. The lowest BCUT2D eigenvalue weighted by molar-refractivity contribution is 0.0738. The summed E-state index contributed by atoms with van der Waals surface area (Å²) in [7, 11) is 1.76. The molecular formula is C17H20N4OS. The quantitative estimate of drug-likeness (QED) is 0.858. The van der Waals surface area contributed by atoms with Crippen LogP contribution in [0.25, 0.3) is 0 Å². The summed E-state index contributed by atoms with van der Waals surface area (Å²) >= 11 is 1.65. The monoisotopic (exact) mass is 328 g/mol. The zero-order valence-electron chi connectivity index (χ0n) is 14.0. The highest BCUT2D eigenvalue weighted by Crippen LogP contribution is 2.32. The Morgan fingerprint density at radius 2 is 2.04 bits per heavy atom. The standard InChI is InChI=1S/C17H20N4OS/c1-10(2)16-20-11(3)15(23-16)12(4)21(5)17(22)14-7-6-13(8-18)9-19-14/h6-7,9-10,12H,1-5H3. The lowest BCUT2D eigenvalue weighted by Crippen LogP contribution is -2.30. The van der Waals surface area contributed by atoms with Gasteiger partial charge >= 0.3 is 0 Å².